The maximum Gasteiger partial charge on any atom is 0.0106 e. The molecule has 3 rings (SSSR count). The third-order valence-corrected chi connectivity index (χ3v) is 5.16. The van der Waals surface area contributed by atoms with Crippen molar-refractivity contribution in [2.45, 2.75) is 70.3 Å². The quantitative estimate of drug-likeness (QED) is 0.635. The molecule has 0 aromatic heterocycles. The second-order valence-electron chi connectivity index (χ2n) is 6.22. The summed E-state index contributed by atoms with van der Waals surface area (Å²) in [5.41, 5.74) is 0.834. The van der Waals surface area contributed by atoms with Crippen LogP contribution in [-0.2, 0) is 0 Å². The third-order valence-electron chi connectivity index (χ3n) is 5.16. The van der Waals surface area contributed by atoms with Crippen LogP contribution >= 0.6 is 0 Å². The van der Waals surface area contributed by atoms with Gasteiger partial charge in [0.25, 0.3) is 0 Å². The highest BCUT2D eigenvalue weighted by molar-refractivity contribution is 5.00. The Morgan fingerprint density at radius 2 is 1.33 bits per heavy atom. The maximum absolute atomic E-state index is 2.79. The first-order valence-corrected chi connectivity index (χ1v) is 7.12. The van der Waals surface area contributed by atoms with Gasteiger partial charge in [0.2, 0.25) is 0 Å². The summed E-state index contributed by atoms with van der Waals surface area (Å²) < 4.78 is 0. The van der Waals surface area contributed by atoms with E-state index < -0.39 is 0 Å². The van der Waals surface area contributed by atoms with E-state index in [-0.39, 0.29) is 0 Å². The first-order valence-electron chi connectivity index (χ1n) is 7.12. The molecule has 1 aliphatic heterocycles. The van der Waals surface area contributed by atoms with E-state index in [2.05, 4.69) is 4.90 Å². The van der Waals surface area contributed by atoms with Crippen molar-refractivity contribution < 1.29 is 0 Å². The van der Waals surface area contributed by atoms with Gasteiger partial charge in [-0.05, 0) is 57.0 Å². The number of hydrogen-bond donors (Lipinski definition) is 0. The van der Waals surface area contributed by atoms with Crippen LogP contribution in [0.2, 0.25) is 0 Å². The zero-order chi connectivity index (χ0) is 10.1. The molecule has 0 aromatic rings. The van der Waals surface area contributed by atoms with E-state index in [0.29, 0.717) is 0 Å². The first kappa shape index (κ1) is 10.1. The van der Waals surface area contributed by atoms with Crippen molar-refractivity contribution in [3.8, 4) is 0 Å². The van der Waals surface area contributed by atoms with Crippen LogP contribution in [0.4, 0.5) is 0 Å². The molecule has 0 unspecified atom stereocenters. The second kappa shape index (κ2) is 4.08. The van der Waals surface area contributed by atoms with Crippen molar-refractivity contribution >= 4 is 0 Å². The predicted octanol–water partition coefficient (Wildman–Crippen LogP) is 3.59. The Hall–Kier alpha value is -0.0400. The SMILES string of the molecule is C1CCN(C2CC3(CCCCC3)C2)CC1. The molecule has 0 radical (unpaired) electrons. The van der Waals surface area contributed by atoms with Gasteiger partial charge in [-0.25, -0.2) is 0 Å². The van der Waals surface area contributed by atoms with Gasteiger partial charge < -0.3 is 4.90 Å². The Balaban J connectivity index is 1.51. The number of rotatable bonds is 1. The standard InChI is InChI=1S/C14H25N/c1-3-7-14(8-4-1)11-13(12-14)15-9-5-2-6-10-15/h13H,1-12H2. The Morgan fingerprint density at radius 1 is 0.733 bits per heavy atom. The lowest BCUT2D eigenvalue weighted by molar-refractivity contribution is -0.0316. The molecule has 0 aromatic carbocycles. The van der Waals surface area contributed by atoms with E-state index in [1.54, 1.807) is 25.7 Å². The van der Waals surface area contributed by atoms with Gasteiger partial charge in [-0.1, -0.05) is 25.7 Å². The van der Waals surface area contributed by atoms with Gasteiger partial charge in [-0.3, -0.25) is 0 Å². The van der Waals surface area contributed by atoms with E-state index in [0.717, 1.165) is 11.5 Å². The van der Waals surface area contributed by atoms with E-state index in [9.17, 15) is 0 Å². The van der Waals surface area contributed by atoms with Gasteiger partial charge in [0.1, 0.15) is 0 Å². The predicted molar refractivity (Wildman–Crippen MR) is 64.0 cm³/mol. The summed E-state index contributed by atoms with van der Waals surface area (Å²) in [6, 6.07) is 0.989. The minimum atomic E-state index is 0.834. The summed E-state index contributed by atoms with van der Waals surface area (Å²) in [5.74, 6) is 0. The fourth-order valence-electron chi connectivity index (χ4n) is 4.19. The van der Waals surface area contributed by atoms with Crippen LogP contribution < -0.4 is 0 Å². The molecule has 3 aliphatic rings. The molecule has 86 valence electrons. The topological polar surface area (TPSA) is 3.24 Å². The number of likely N-dealkylation sites (tertiary alicyclic amines) is 1. The van der Waals surface area contributed by atoms with Crippen molar-refractivity contribution in [2.24, 2.45) is 5.41 Å². The average Bonchev–Trinajstić information content (AvgIpc) is 2.28. The van der Waals surface area contributed by atoms with Crippen molar-refractivity contribution in [3.63, 3.8) is 0 Å². The molecule has 0 bridgehead atoms. The monoisotopic (exact) mass is 207 g/mol. The van der Waals surface area contributed by atoms with E-state index in [4.69, 9.17) is 0 Å². The molecule has 0 N–H and O–H groups in total. The highest BCUT2D eigenvalue weighted by Crippen LogP contribution is 2.53. The molecule has 0 atom stereocenters. The minimum Gasteiger partial charge on any atom is -0.300 e. The zero-order valence-electron chi connectivity index (χ0n) is 10.0. The van der Waals surface area contributed by atoms with Crippen LogP contribution in [0.3, 0.4) is 0 Å². The van der Waals surface area contributed by atoms with Gasteiger partial charge in [0, 0.05) is 6.04 Å². The number of piperidine rings is 1. The molecule has 1 saturated heterocycles. The Labute approximate surface area is 94.2 Å². The normalized spacial score (nSPS) is 32.8. The molecule has 2 saturated carbocycles. The van der Waals surface area contributed by atoms with Crippen LogP contribution in [-0.4, -0.2) is 24.0 Å². The van der Waals surface area contributed by atoms with Crippen molar-refractivity contribution in [3.05, 3.63) is 0 Å². The average molecular weight is 207 g/mol. The third kappa shape index (κ3) is 1.95. The van der Waals surface area contributed by atoms with E-state index >= 15 is 0 Å². The summed E-state index contributed by atoms with van der Waals surface area (Å²) in [6.07, 6.45) is 15.2. The zero-order valence-corrected chi connectivity index (χ0v) is 10.0. The molecule has 3 fully saturated rings. The Morgan fingerprint density at radius 3 is 2.00 bits per heavy atom. The summed E-state index contributed by atoms with van der Waals surface area (Å²) in [5, 5.41) is 0. The Kier molecular flexibility index (Phi) is 2.76. The smallest absolute Gasteiger partial charge is 0.0106 e. The fraction of sp³-hybridized carbons (Fsp3) is 1.00. The number of hydrogen-bond acceptors (Lipinski definition) is 1. The van der Waals surface area contributed by atoms with Gasteiger partial charge in [-0.15, -0.1) is 0 Å². The molecule has 1 heterocycles. The summed E-state index contributed by atoms with van der Waals surface area (Å²) in [7, 11) is 0. The molecule has 0 amide bonds. The van der Waals surface area contributed by atoms with Gasteiger partial charge >= 0.3 is 0 Å². The summed E-state index contributed by atoms with van der Waals surface area (Å²) >= 11 is 0. The Bertz CT molecular complexity index is 203. The van der Waals surface area contributed by atoms with Crippen LogP contribution in [0.1, 0.15) is 64.2 Å². The highest BCUT2D eigenvalue weighted by atomic mass is 15.2. The molecule has 1 nitrogen and oxygen atoms in total. The number of nitrogens with zero attached hydrogens (tertiary/aromatic N) is 1. The minimum absolute atomic E-state index is 0.834. The van der Waals surface area contributed by atoms with Crippen LogP contribution in [0.5, 0.6) is 0 Å². The lowest BCUT2D eigenvalue weighted by atomic mass is 9.58. The van der Waals surface area contributed by atoms with Gasteiger partial charge in [0.05, 0.1) is 0 Å². The fourth-order valence-corrected chi connectivity index (χ4v) is 4.19. The van der Waals surface area contributed by atoms with Crippen LogP contribution in [0.15, 0.2) is 0 Å². The highest BCUT2D eigenvalue weighted by Gasteiger charge is 2.46. The molecular weight excluding hydrogens is 182 g/mol. The second-order valence-corrected chi connectivity index (χ2v) is 6.22. The van der Waals surface area contributed by atoms with Crippen molar-refractivity contribution in [2.75, 3.05) is 13.1 Å². The molecule has 2 aliphatic carbocycles. The first-order chi connectivity index (χ1) is 7.38. The lowest BCUT2D eigenvalue weighted by Gasteiger charge is -2.54. The molecule has 15 heavy (non-hydrogen) atoms. The molecule has 1 heteroatoms. The van der Waals surface area contributed by atoms with E-state index in [1.165, 1.54) is 51.6 Å². The molecular formula is C14H25N. The van der Waals surface area contributed by atoms with Crippen LogP contribution in [0.25, 0.3) is 0 Å². The lowest BCUT2D eigenvalue weighted by Crippen LogP contribution is -2.52. The van der Waals surface area contributed by atoms with Gasteiger partial charge in [0.15, 0.2) is 0 Å². The molecule has 1 spiro atoms. The van der Waals surface area contributed by atoms with Crippen LogP contribution in [0, 0.1) is 5.41 Å². The maximum atomic E-state index is 2.79. The summed E-state index contributed by atoms with van der Waals surface area (Å²) in [6.45, 7) is 2.81. The van der Waals surface area contributed by atoms with Crippen molar-refractivity contribution in [1.29, 1.82) is 0 Å². The van der Waals surface area contributed by atoms with E-state index in [1.807, 2.05) is 0 Å². The summed E-state index contributed by atoms with van der Waals surface area (Å²) in [4.78, 5) is 2.79. The van der Waals surface area contributed by atoms with Crippen molar-refractivity contribution in [1.82, 2.24) is 4.90 Å². The van der Waals surface area contributed by atoms with Gasteiger partial charge in [-0.2, -0.15) is 0 Å². The largest absolute Gasteiger partial charge is 0.300 e.